The topological polar surface area (TPSA) is 52.7 Å². The monoisotopic (exact) mass is 213 g/mol. The van der Waals surface area contributed by atoms with E-state index in [1.165, 1.54) is 39.0 Å². The van der Waals surface area contributed by atoms with Crippen molar-refractivity contribution >= 4 is 0 Å². The number of nitrogens with zero attached hydrogens (tertiary/aromatic N) is 2. The van der Waals surface area contributed by atoms with Crippen molar-refractivity contribution in [2.24, 2.45) is 5.73 Å². The molecule has 0 spiro atoms. The highest BCUT2D eigenvalue weighted by Crippen LogP contribution is 2.21. The summed E-state index contributed by atoms with van der Waals surface area (Å²) in [6.07, 6.45) is 3.65. The zero-order valence-electron chi connectivity index (χ0n) is 9.44. The van der Waals surface area contributed by atoms with Gasteiger partial charge < -0.3 is 15.7 Å². The summed E-state index contributed by atoms with van der Waals surface area (Å²) in [4.78, 5) is 5.12. The normalized spacial score (nSPS) is 30.4. The van der Waals surface area contributed by atoms with Crippen LogP contribution >= 0.6 is 0 Å². The van der Waals surface area contributed by atoms with Gasteiger partial charge in [-0.3, -0.25) is 4.90 Å². The fraction of sp³-hybridized carbons (Fsp3) is 1.00. The summed E-state index contributed by atoms with van der Waals surface area (Å²) in [5, 5.41) is 8.86. The Labute approximate surface area is 92.0 Å². The molecule has 0 aliphatic carbocycles. The van der Waals surface area contributed by atoms with E-state index in [1.54, 1.807) is 0 Å². The lowest BCUT2D eigenvalue weighted by Crippen LogP contribution is -2.50. The van der Waals surface area contributed by atoms with Gasteiger partial charge in [0.05, 0.1) is 6.61 Å². The number of nitrogens with two attached hydrogens (primary N) is 1. The van der Waals surface area contributed by atoms with Crippen LogP contribution in [-0.4, -0.2) is 66.3 Å². The van der Waals surface area contributed by atoms with Gasteiger partial charge in [0.1, 0.15) is 0 Å². The van der Waals surface area contributed by atoms with Crippen LogP contribution in [0.1, 0.15) is 19.3 Å². The molecule has 0 aromatic rings. The van der Waals surface area contributed by atoms with Gasteiger partial charge in [-0.05, 0) is 32.4 Å². The van der Waals surface area contributed by atoms with Crippen LogP contribution in [-0.2, 0) is 0 Å². The minimum absolute atomic E-state index is 0.0355. The molecule has 2 atom stereocenters. The van der Waals surface area contributed by atoms with Crippen molar-refractivity contribution in [1.82, 2.24) is 9.80 Å². The average Bonchev–Trinajstić information content (AvgIpc) is 2.72. The minimum atomic E-state index is -0.0355. The maximum absolute atomic E-state index is 8.86. The fourth-order valence-electron chi connectivity index (χ4n) is 2.70. The first-order valence-corrected chi connectivity index (χ1v) is 6.12. The SMILES string of the molecule is NC(CO)CCN1CCN2CCCC2C1. The van der Waals surface area contributed by atoms with Gasteiger partial charge in [0.15, 0.2) is 0 Å². The van der Waals surface area contributed by atoms with Gasteiger partial charge in [-0.25, -0.2) is 0 Å². The van der Waals surface area contributed by atoms with Gasteiger partial charge in [-0.1, -0.05) is 0 Å². The molecule has 0 amide bonds. The Hall–Kier alpha value is -0.160. The first kappa shape index (κ1) is 11.3. The second-order valence-electron chi connectivity index (χ2n) is 4.86. The van der Waals surface area contributed by atoms with E-state index < -0.39 is 0 Å². The van der Waals surface area contributed by atoms with Gasteiger partial charge >= 0.3 is 0 Å². The second-order valence-corrected chi connectivity index (χ2v) is 4.86. The molecule has 0 aromatic carbocycles. The number of hydrogen-bond donors (Lipinski definition) is 2. The van der Waals surface area contributed by atoms with Crippen molar-refractivity contribution in [2.45, 2.75) is 31.3 Å². The molecule has 88 valence electrons. The number of piperazine rings is 1. The summed E-state index contributed by atoms with van der Waals surface area (Å²) in [6, 6.07) is 0.760. The molecule has 2 saturated heterocycles. The van der Waals surface area contributed by atoms with Gasteiger partial charge in [0.25, 0.3) is 0 Å². The zero-order valence-corrected chi connectivity index (χ0v) is 9.44. The molecule has 4 heteroatoms. The highest BCUT2D eigenvalue weighted by molar-refractivity contribution is 4.86. The number of aliphatic hydroxyl groups excluding tert-OH is 1. The predicted octanol–water partition coefficient (Wildman–Crippen LogP) is -0.524. The van der Waals surface area contributed by atoms with Crippen molar-refractivity contribution in [1.29, 1.82) is 0 Å². The summed E-state index contributed by atoms with van der Waals surface area (Å²) in [5.41, 5.74) is 5.71. The molecule has 0 aromatic heterocycles. The number of fused-ring (bicyclic) bond motifs is 1. The summed E-state index contributed by atoms with van der Waals surface area (Å²) in [6.45, 7) is 6.07. The molecular weight excluding hydrogens is 190 g/mol. The molecule has 2 heterocycles. The highest BCUT2D eigenvalue weighted by Gasteiger charge is 2.30. The van der Waals surface area contributed by atoms with Crippen molar-refractivity contribution < 1.29 is 5.11 Å². The molecule has 4 nitrogen and oxygen atoms in total. The van der Waals surface area contributed by atoms with Crippen molar-refractivity contribution in [2.75, 3.05) is 39.3 Å². The van der Waals surface area contributed by atoms with Gasteiger partial charge in [-0.2, -0.15) is 0 Å². The van der Waals surface area contributed by atoms with E-state index >= 15 is 0 Å². The molecule has 0 radical (unpaired) electrons. The highest BCUT2D eigenvalue weighted by atomic mass is 16.3. The Morgan fingerprint density at radius 3 is 3.00 bits per heavy atom. The molecule has 2 rings (SSSR count). The Balaban J connectivity index is 1.71. The molecule has 0 saturated carbocycles. The zero-order chi connectivity index (χ0) is 10.7. The lowest BCUT2D eigenvalue weighted by atomic mass is 10.1. The van der Waals surface area contributed by atoms with Crippen LogP contribution in [0.25, 0.3) is 0 Å². The number of rotatable bonds is 4. The van der Waals surface area contributed by atoms with E-state index in [0.717, 1.165) is 19.0 Å². The summed E-state index contributed by atoms with van der Waals surface area (Å²) < 4.78 is 0. The summed E-state index contributed by atoms with van der Waals surface area (Å²) in [7, 11) is 0. The van der Waals surface area contributed by atoms with Gasteiger partial charge in [0.2, 0.25) is 0 Å². The summed E-state index contributed by atoms with van der Waals surface area (Å²) in [5.74, 6) is 0. The van der Waals surface area contributed by atoms with E-state index in [-0.39, 0.29) is 12.6 Å². The maximum Gasteiger partial charge on any atom is 0.0583 e. The smallest absolute Gasteiger partial charge is 0.0583 e. The van der Waals surface area contributed by atoms with Crippen LogP contribution in [0.2, 0.25) is 0 Å². The van der Waals surface area contributed by atoms with E-state index in [0.29, 0.717) is 0 Å². The molecule has 15 heavy (non-hydrogen) atoms. The lowest BCUT2D eigenvalue weighted by Gasteiger charge is -2.37. The van der Waals surface area contributed by atoms with E-state index in [4.69, 9.17) is 10.8 Å². The van der Waals surface area contributed by atoms with Gasteiger partial charge in [-0.15, -0.1) is 0 Å². The third-order valence-electron chi connectivity index (χ3n) is 3.72. The van der Waals surface area contributed by atoms with Crippen LogP contribution in [0, 0.1) is 0 Å². The van der Waals surface area contributed by atoms with Crippen LogP contribution < -0.4 is 5.73 Å². The Kier molecular flexibility index (Phi) is 3.97. The van der Waals surface area contributed by atoms with Crippen LogP contribution in [0.5, 0.6) is 0 Å². The van der Waals surface area contributed by atoms with Crippen molar-refractivity contribution in [3.05, 3.63) is 0 Å². The summed E-state index contributed by atoms with van der Waals surface area (Å²) >= 11 is 0. The van der Waals surface area contributed by atoms with E-state index in [9.17, 15) is 0 Å². The lowest BCUT2D eigenvalue weighted by molar-refractivity contribution is 0.0998. The Morgan fingerprint density at radius 2 is 2.20 bits per heavy atom. The quantitative estimate of drug-likeness (QED) is 0.659. The Bertz CT molecular complexity index is 200. The van der Waals surface area contributed by atoms with Crippen LogP contribution in [0.4, 0.5) is 0 Å². The van der Waals surface area contributed by atoms with E-state index in [2.05, 4.69) is 9.80 Å². The maximum atomic E-state index is 8.86. The largest absolute Gasteiger partial charge is 0.395 e. The van der Waals surface area contributed by atoms with E-state index in [1.807, 2.05) is 0 Å². The van der Waals surface area contributed by atoms with Crippen molar-refractivity contribution in [3.8, 4) is 0 Å². The molecule has 2 unspecified atom stereocenters. The fourth-order valence-corrected chi connectivity index (χ4v) is 2.70. The first-order chi connectivity index (χ1) is 7.29. The van der Waals surface area contributed by atoms with Crippen LogP contribution in [0.3, 0.4) is 0 Å². The standard InChI is InChI=1S/C11H23N3O/c12-10(9-15)3-5-13-6-7-14-4-1-2-11(14)8-13/h10-11,15H,1-9,12H2. The molecule has 2 aliphatic rings. The second kappa shape index (κ2) is 5.25. The molecule has 3 N–H and O–H groups in total. The average molecular weight is 213 g/mol. The molecular formula is C11H23N3O. The third-order valence-corrected chi connectivity index (χ3v) is 3.72. The van der Waals surface area contributed by atoms with Crippen LogP contribution in [0.15, 0.2) is 0 Å². The van der Waals surface area contributed by atoms with Crippen molar-refractivity contribution in [3.63, 3.8) is 0 Å². The molecule has 2 aliphatic heterocycles. The third kappa shape index (κ3) is 2.91. The first-order valence-electron chi connectivity index (χ1n) is 6.12. The Morgan fingerprint density at radius 1 is 1.33 bits per heavy atom. The molecule has 2 fully saturated rings. The molecule has 0 bridgehead atoms. The number of hydrogen-bond acceptors (Lipinski definition) is 4. The minimum Gasteiger partial charge on any atom is -0.395 e. The van der Waals surface area contributed by atoms with Gasteiger partial charge in [0, 0.05) is 31.7 Å². The predicted molar refractivity (Wildman–Crippen MR) is 60.7 cm³/mol. The number of aliphatic hydroxyl groups is 1.